The number of para-hydroxylation sites is 1. The molecule has 0 aliphatic carbocycles. The molecule has 0 aromatic heterocycles. The molecule has 0 heterocycles. The van der Waals surface area contributed by atoms with Crippen molar-refractivity contribution in [2.24, 2.45) is 0 Å². The molecule has 3 rings (SSSR count). The fourth-order valence-corrected chi connectivity index (χ4v) is 3.54. The van der Waals surface area contributed by atoms with Crippen molar-refractivity contribution in [2.45, 2.75) is 12.6 Å². The van der Waals surface area contributed by atoms with Crippen molar-refractivity contribution in [2.75, 3.05) is 34.9 Å². The highest BCUT2D eigenvalue weighted by Gasteiger charge is 2.18. The average Bonchev–Trinajstić information content (AvgIpc) is 2.70. The summed E-state index contributed by atoms with van der Waals surface area (Å²) in [5.41, 5.74) is 2.37. The lowest BCUT2D eigenvalue weighted by Gasteiger charge is -2.27. The van der Waals surface area contributed by atoms with Gasteiger partial charge in [-0.05, 0) is 37.0 Å². The minimum Gasteiger partial charge on any atom is -0.496 e. The zero-order chi connectivity index (χ0) is 19.2. The first-order valence-corrected chi connectivity index (χ1v) is 9.20. The number of nitrogens with zero attached hydrogens (tertiary/aromatic N) is 1. The second-order valence-corrected chi connectivity index (χ2v) is 6.82. The van der Waals surface area contributed by atoms with Crippen LogP contribution in [0.25, 0.3) is 10.8 Å². The van der Waals surface area contributed by atoms with Crippen molar-refractivity contribution < 1.29 is 9.47 Å². The van der Waals surface area contributed by atoms with Gasteiger partial charge in [0.25, 0.3) is 0 Å². The summed E-state index contributed by atoms with van der Waals surface area (Å²) in [6, 6.07) is 21.0. The van der Waals surface area contributed by atoms with Crippen LogP contribution >= 0.6 is 0 Å². The number of nitrogens with one attached hydrogen (secondary N) is 1. The number of rotatable bonds is 8. The van der Waals surface area contributed by atoms with Gasteiger partial charge in [-0.3, -0.25) is 0 Å². The Morgan fingerprint density at radius 3 is 2.30 bits per heavy atom. The quantitative estimate of drug-likeness (QED) is 0.648. The second-order valence-electron chi connectivity index (χ2n) is 6.82. The van der Waals surface area contributed by atoms with Crippen LogP contribution in [0.5, 0.6) is 11.5 Å². The lowest BCUT2D eigenvalue weighted by Crippen LogP contribution is -2.31. The highest BCUT2D eigenvalue weighted by Crippen LogP contribution is 2.29. The largest absolute Gasteiger partial charge is 0.496 e. The minimum absolute atomic E-state index is 0.210. The Kier molecular flexibility index (Phi) is 6.32. The third-order valence-electron chi connectivity index (χ3n) is 4.98. The zero-order valence-electron chi connectivity index (χ0n) is 16.5. The lowest BCUT2D eigenvalue weighted by molar-refractivity contribution is 0.278. The molecular weight excluding hydrogens is 336 g/mol. The Labute approximate surface area is 161 Å². The first-order valence-electron chi connectivity index (χ1n) is 9.20. The van der Waals surface area contributed by atoms with Crippen LogP contribution in [-0.4, -0.2) is 39.8 Å². The number of fused-ring (bicyclic) bond motifs is 1. The molecule has 3 aromatic carbocycles. The van der Waals surface area contributed by atoms with Gasteiger partial charge in [-0.25, -0.2) is 0 Å². The van der Waals surface area contributed by atoms with Crippen LogP contribution in [0, 0.1) is 0 Å². The summed E-state index contributed by atoms with van der Waals surface area (Å²) in [7, 11) is 7.64. The first kappa shape index (κ1) is 19.2. The van der Waals surface area contributed by atoms with Gasteiger partial charge in [-0.2, -0.15) is 0 Å². The van der Waals surface area contributed by atoms with E-state index in [0.717, 1.165) is 24.6 Å². The molecule has 4 heteroatoms. The molecule has 27 heavy (non-hydrogen) atoms. The average molecular weight is 364 g/mol. The Morgan fingerprint density at radius 1 is 0.852 bits per heavy atom. The minimum atomic E-state index is 0.210. The molecule has 0 saturated heterocycles. The van der Waals surface area contributed by atoms with Crippen molar-refractivity contribution in [1.29, 1.82) is 0 Å². The summed E-state index contributed by atoms with van der Waals surface area (Å²) >= 11 is 0. The van der Waals surface area contributed by atoms with E-state index < -0.39 is 0 Å². The molecule has 142 valence electrons. The van der Waals surface area contributed by atoms with E-state index in [9.17, 15) is 0 Å². The molecule has 4 nitrogen and oxygen atoms in total. The van der Waals surface area contributed by atoms with Gasteiger partial charge in [-0.15, -0.1) is 0 Å². The molecular formula is C23H28N2O2. The van der Waals surface area contributed by atoms with Crippen molar-refractivity contribution in [3.8, 4) is 11.5 Å². The monoisotopic (exact) mass is 364 g/mol. The summed E-state index contributed by atoms with van der Waals surface area (Å²) in [4.78, 5) is 2.21. The summed E-state index contributed by atoms with van der Waals surface area (Å²) in [5.74, 6) is 1.83. The van der Waals surface area contributed by atoms with Crippen LogP contribution in [0.2, 0.25) is 0 Å². The Hall–Kier alpha value is -2.56. The van der Waals surface area contributed by atoms with Crippen molar-refractivity contribution in [3.05, 3.63) is 71.8 Å². The lowest BCUT2D eigenvalue weighted by atomic mass is 10.0. The van der Waals surface area contributed by atoms with Crippen LogP contribution in [0.3, 0.4) is 0 Å². The molecule has 1 unspecified atom stereocenters. The summed E-state index contributed by atoms with van der Waals surface area (Å²) < 4.78 is 11.2. The zero-order valence-corrected chi connectivity index (χ0v) is 16.5. The van der Waals surface area contributed by atoms with Gasteiger partial charge >= 0.3 is 0 Å². The number of likely N-dealkylation sites (N-methyl/N-ethyl adjacent to an activating group) is 1. The van der Waals surface area contributed by atoms with Gasteiger partial charge in [0.15, 0.2) is 0 Å². The summed E-state index contributed by atoms with van der Waals surface area (Å²) in [6.07, 6.45) is 0. The van der Waals surface area contributed by atoms with Gasteiger partial charge in [0, 0.05) is 24.2 Å². The molecule has 0 aliphatic heterocycles. The van der Waals surface area contributed by atoms with E-state index >= 15 is 0 Å². The highest BCUT2D eigenvalue weighted by atomic mass is 16.5. The number of hydrogen-bond donors (Lipinski definition) is 1. The van der Waals surface area contributed by atoms with Crippen LogP contribution in [0.1, 0.15) is 17.2 Å². The molecule has 1 atom stereocenters. The van der Waals surface area contributed by atoms with Crippen LogP contribution in [-0.2, 0) is 6.54 Å². The molecule has 0 bridgehead atoms. The van der Waals surface area contributed by atoms with E-state index in [1.54, 1.807) is 14.2 Å². The fourth-order valence-electron chi connectivity index (χ4n) is 3.54. The van der Waals surface area contributed by atoms with E-state index in [0.29, 0.717) is 0 Å². The molecule has 0 fully saturated rings. The predicted molar refractivity (Wildman–Crippen MR) is 112 cm³/mol. The van der Waals surface area contributed by atoms with Gasteiger partial charge < -0.3 is 19.7 Å². The SMILES string of the molecule is COc1ccccc1C(CNCc1c(OC)ccc2ccccc12)N(C)C. The maximum Gasteiger partial charge on any atom is 0.123 e. The molecule has 0 radical (unpaired) electrons. The van der Waals surface area contributed by atoms with E-state index in [-0.39, 0.29) is 6.04 Å². The van der Waals surface area contributed by atoms with E-state index in [4.69, 9.17) is 9.47 Å². The smallest absolute Gasteiger partial charge is 0.123 e. The number of benzene rings is 3. The van der Waals surface area contributed by atoms with Crippen LogP contribution in [0.15, 0.2) is 60.7 Å². The number of hydrogen-bond acceptors (Lipinski definition) is 4. The van der Waals surface area contributed by atoms with Crippen molar-refractivity contribution in [1.82, 2.24) is 10.2 Å². The Morgan fingerprint density at radius 2 is 1.56 bits per heavy atom. The van der Waals surface area contributed by atoms with Crippen LogP contribution < -0.4 is 14.8 Å². The van der Waals surface area contributed by atoms with E-state index in [1.165, 1.54) is 21.9 Å². The van der Waals surface area contributed by atoms with Gasteiger partial charge in [0.2, 0.25) is 0 Å². The summed E-state index contributed by atoms with van der Waals surface area (Å²) in [5, 5.41) is 6.07. The number of ether oxygens (including phenoxy) is 2. The molecule has 0 aliphatic rings. The second kappa shape index (κ2) is 8.89. The number of methoxy groups -OCH3 is 2. The highest BCUT2D eigenvalue weighted by molar-refractivity contribution is 5.87. The predicted octanol–water partition coefficient (Wildman–Crippen LogP) is 4.25. The van der Waals surface area contributed by atoms with Gasteiger partial charge in [0.1, 0.15) is 11.5 Å². The normalized spacial score (nSPS) is 12.3. The summed E-state index contributed by atoms with van der Waals surface area (Å²) in [6.45, 7) is 1.55. The van der Waals surface area contributed by atoms with E-state index in [1.807, 2.05) is 18.2 Å². The Balaban J connectivity index is 1.81. The van der Waals surface area contributed by atoms with Gasteiger partial charge in [0.05, 0.1) is 20.3 Å². The standard InChI is InChI=1S/C23H28N2O2/c1-25(2)21(19-11-7-8-12-22(19)26-3)16-24-15-20-18-10-6-5-9-17(18)13-14-23(20)27-4/h5-14,21,24H,15-16H2,1-4H3. The molecule has 1 N–H and O–H groups in total. The third-order valence-corrected chi connectivity index (χ3v) is 4.98. The van der Waals surface area contributed by atoms with Crippen molar-refractivity contribution in [3.63, 3.8) is 0 Å². The molecule has 0 saturated carbocycles. The molecule has 0 spiro atoms. The fraction of sp³-hybridized carbons (Fsp3) is 0.304. The third kappa shape index (κ3) is 4.24. The maximum absolute atomic E-state index is 5.61. The van der Waals surface area contributed by atoms with E-state index in [2.05, 4.69) is 66.8 Å². The molecule has 3 aromatic rings. The first-order chi connectivity index (χ1) is 13.2. The van der Waals surface area contributed by atoms with Crippen molar-refractivity contribution >= 4 is 10.8 Å². The maximum atomic E-state index is 5.61. The topological polar surface area (TPSA) is 33.7 Å². The van der Waals surface area contributed by atoms with Crippen LogP contribution in [0.4, 0.5) is 0 Å². The Bertz CT molecular complexity index is 892. The van der Waals surface area contributed by atoms with Gasteiger partial charge in [-0.1, -0.05) is 48.5 Å². The molecule has 0 amide bonds.